The second-order valence-corrected chi connectivity index (χ2v) is 5.80. The molecule has 0 aliphatic carbocycles. The van der Waals surface area contributed by atoms with Crippen molar-refractivity contribution in [3.63, 3.8) is 0 Å². The highest BCUT2D eigenvalue weighted by Crippen LogP contribution is 2.20. The van der Waals surface area contributed by atoms with Crippen molar-refractivity contribution < 1.29 is 24.2 Å². The third kappa shape index (κ3) is 5.83. The van der Waals surface area contributed by atoms with Gasteiger partial charge in [0, 0.05) is 0 Å². The predicted octanol–water partition coefficient (Wildman–Crippen LogP) is 2.26. The zero-order valence-electron chi connectivity index (χ0n) is 12.7. The molecule has 0 aliphatic rings. The lowest BCUT2D eigenvalue weighted by molar-refractivity contribution is -0.138. The summed E-state index contributed by atoms with van der Waals surface area (Å²) in [5.74, 6) is -0.710. The average molecular weight is 295 g/mol. The number of hydrogen-bond donors (Lipinski definition) is 2. The van der Waals surface area contributed by atoms with Crippen molar-refractivity contribution in [1.29, 1.82) is 0 Å². The monoisotopic (exact) mass is 295 g/mol. The van der Waals surface area contributed by atoms with Crippen LogP contribution >= 0.6 is 0 Å². The van der Waals surface area contributed by atoms with Crippen LogP contribution in [0.4, 0.5) is 4.79 Å². The molecule has 0 fully saturated rings. The van der Waals surface area contributed by atoms with Crippen LogP contribution in [0.2, 0.25) is 0 Å². The first-order valence-corrected chi connectivity index (χ1v) is 6.57. The van der Waals surface area contributed by atoms with Gasteiger partial charge in [-0.3, -0.25) is 4.79 Å². The van der Waals surface area contributed by atoms with Crippen LogP contribution in [-0.2, 0) is 16.0 Å². The summed E-state index contributed by atoms with van der Waals surface area (Å²) in [4.78, 5) is 22.3. The summed E-state index contributed by atoms with van der Waals surface area (Å²) in [5.41, 5.74) is 6.47. The molecule has 6 nitrogen and oxygen atoms in total. The summed E-state index contributed by atoms with van der Waals surface area (Å²) >= 11 is 0. The van der Waals surface area contributed by atoms with Gasteiger partial charge < -0.3 is 20.3 Å². The van der Waals surface area contributed by atoms with E-state index in [0.717, 1.165) is 11.1 Å². The molecule has 0 radical (unpaired) electrons. The molecule has 0 saturated carbocycles. The minimum Gasteiger partial charge on any atom is -0.480 e. The fraction of sp³-hybridized carbons (Fsp3) is 0.467. The van der Waals surface area contributed by atoms with Crippen molar-refractivity contribution in [2.45, 2.75) is 45.8 Å². The Morgan fingerprint density at radius 3 is 2.43 bits per heavy atom. The highest BCUT2D eigenvalue weighted by Gasteiger charge is 2.19. The molecular weight excluding hydrogens is 274 g/mol. The summed E-state index contributed by atoms with van der Waals surface area (Å²) in [5, 5.41) is 8.80. The molecule has 1 aromatic rings. The van der Waals surface area contributed by atoms with Crippen LogP contribution in [0.5, 0.6) is 5.75 Å². The second-order valence-electron chi connectivity index (χ2n) is 5.80. The van der Waals surface area contributed by atoms with Gasteiger partial charge in [-0.1, -0.05) is 6.07 Å². The fourth-order valence-electron chi connectivity index (χ4n) is 1.65. The second kappa shape index (κ2) is 6.58. The molecular formula is C15H21NO5. The number of hydrogen-bond acceptors (Lipinski definition) is 5. The Hall–Kier alpha value is -2.08. The van der Waals surface area contributed by atoms with Gasteiger partial charge in [-0.15, -0.1) is 0 Å². The van der Waals surface area contributed by atoms with Crippen LogP contribution < -0.4 is 10.5 Å². The van der Waals surface area contributed by atoms with E-state index < -0.39 is 23.8 Å². The Bertz CT molecular complexity index is 533. The molecule has 0 amide bonds. The number of benzene rings is 1. The normalized spacial score (nSPS) is 12.6. The molecule has 0 aliphatic heterocycles. The van der Waals surface area contributed by atoms with E-state index in [0.29, 0.717) is 5.75 Å². The number of ether oxygens (including phenoxy) is 2. The number of carboxylic acids is 1. The highest BCUT2D eigenvalue weighted by molar-refractivity contribution is 5.73. The first kappa shape index (κ1) is 17.0. The number of rotatable bonds is 4. The van der Waals surface area contributed by atoms with Crippen LogP contribution in [0.3, 0.4) is 0 Å². The molecule has 0 aromatic heterocycles. The summed E-state index contributed by atoms with van der Waals surface area (Å²) in [6.45, 7) is 7.04. The smallest absolute Gasteiger partial charge is 0.480 e. The first-order chi connectivity index (χ1) is 9.58. The van der Waals surface area contributed by atoms with Crippen LogP contribution in [-0.4, -0.2) is 28.9 Å². The van der Waals surface area contributed by atoms with E-state index in [9.17, 15) is 9.59 Å². The SMILES string of the molecule is Cc1cc(OC(=O)OC(C)(C)C)ccc1CC(N)C(=O)O. The molecule has 6 heteroatoms. The Morgan fingerprint density at radius 2 is 1.95 bits per heavy atom. The van der Waals surface area contributed by atoms with Gasteiger partial charge in [0.05, 0.1) is 0 Å². The van der Waals surface area contributed by atoms with Gasteiger partial charge in [0.25, 0.3) is 0 Å². The summed E-state index contributed by atoms with van der Waals surface area (Å²) in [6.07, 6.45) is -0.565. The maximum absolute atomic E-state index is 11.5. The van der Waals surface area contributed by atoms with E-state index in [1.807, 2.05) is 0 Å². The van der Waals surface area contributed by atoms with Crippen molar-refractivity contribution in [2.24, 2.45) is 5.73 Å². The van der Waals surface area contributed by atoms with E-state index in [4.69, 9.17) is 20.3 Å². The number of carbonyl (C=O) groups is 2. The van der Waals surface area contributed by atoms with Crippen molar-refractivity contribution >= 4 is 12.1 Å². The fourth-order valence-corrected chi connectivity index (χ4v) is 1.65. The van der Waals surface area contributed by atoms with Gasteiger partial charge in [-0.05, 0) is 57.4 Å². The lowest BCUT2D eigenvalue weighted by atomic mass is 10.0. The number of nitrogens with two attached hydrogens (primary N) is 1. The Kier molecular flexibility index (Phi) is 5.32. The van der Waals surface area contributed by atoms with Gasteiger partial charge in [-0.2, -0.15) is 0 Å². The average Bonchev–Trinajstić information content (AvgIpc) is 2.29. The summed E-state index contributed by atoms with van der Waals surface area (Å²) in [6, 6.07) is 3.97. The van der Waals surface area contributed by atoms with Gasteiger partial charge in [0.2, 0.25) is 0 Å². The van der Waals surface area contributed by atoms with E-state index in [2.05, 4.69) is 0 Å². The van der Waals surface area contributed by atoms with E-state index in [1.54, 1.807) is 45.9 Å². The van der Waals surface area contributed by atoms with Crippen molar-refractivity contribution in [3.8, 4) is 5.75 Å². The number of aryl methyl sites for hydroxylation is 1. The Morgan fingerprint density at radius 1 is 1.33 bits per heavy atom. The van der Waals surface area contributed by atoms with Crippen LogP contribution in [0.15, 0.2) is 18.2 Å². The van der Waals surface area contributed by atoms with E-state index in [1.165, 1.54) is 0 Å². The van der Waals surface area contributed by atoms with Crippen LogP contribution in [0.25, 0.3) is 0 Å². The number of carboxylic acid groups (broad SMARTS) is 1. The van der Waals surface area contributed by atoms with Gasteiger partial charge in [0.15, 0.2) is 0 Å². The molecule has 0 spiro atoms. The first-order valence-electron chi connectivity index (χ1n) is 6.57. The molecule has 1 aromatic carbocycles. The lowest BCUT2D eigenvalue weighted by Crippen LogP contribution is -2.32. The number of carbonyl (C=O) groups excluding carboxylic acids is 1. The molecule has 1 unspecified atom stereocenters. The molecule has 21 heavy (non-hydrogen) atoms. The minimum atomic E-state index is -1.05. The standard InChI is InChI=1S/C15H21NO5/c1-9-7-11(20-14(19)21-15(2,3)4)6-5-10(9)8-12(16)13(17)18/h5-7,12H,8,16H2,1-4H3,(H,17,18). The van der Waals surface area contributed by atoms with Gasteiger partial charge in [0.1, 0.15) is 17.4 Å². The Balaban J connectivity index is 2.74. The van der Waals surface area contributed by atoms with E-state index >= 15 is 0 Å². The molecule has 0 bridgehead atoms. The zero-order valence-corrected chi connectivity index (χ0v) is 12.7. The molecule has 3 N–H and O–H groups in total. The van der Waals surface area contributed by atoms with Gasteiger partial charge in [-0.25, -0.2) is 4.79 Å². The Labute approximate surface area is 123 Å². The van der Waals surface area contributed by atoms with Gasteiger partial charge >= 0.3 is 12.1 Å². The number of aliphatic carboxylic acids is 1. The molecule has 116 valence electrons. The van der Waals surface area contributed by atoms with Crippen LogP contribution in [0, 0.1) is 6.92 Å². The van der Waals surface area contributed by atoms with Crippen LogP contribution in [0.1, 0.15) is 31.9 Å². The quantitative estimate of drug-likeness (QED) is 0.653. The topological polar surface area (TPSA) is 98.9 Å². The predicted molar refractivity (Wildman–Crippen MR) is 77.4 cm³/mol. The largest absolute Gasteiger partial charge is 0.514 e. The van der Waals surface area contributed by atoms with E-state index in [-0.39, 0.29) is 6.42 Å². The molecule has 0 heterocycles. The maximum Gasteiger partial charge on any atom is 0.514 e. The third-order valence-electron chi connectivity index (χ3n) is 2.66. The minimum absolute atomic E-state index is 0.216. The third-order valence-corrected chi connectivity index (χ3v) is 2.66. The van der Waals surface area contributed by atoms with Crippen molar-refractivity contribution in [1.82, 2.24) is 0 Å². The summed E-state index contributed by atoms with van der Waals surface area (Å²) < 4.78 is 10.1. The van der Waals surface area contributed by atoms with Crippen molar-refractivity contribution in [3.05, 3.63) is 29.3 Å². The zero-order chi connectivity index (χ0) is 16.2. The molecule has 1 rings (SSSR count). The maximum atomic E-state index is 11.5. The molecule has 0 saturated heterocycles. The van der Waals surface area contributed by atoms with Crippen molar-refractivity contribution in [2.75, 3.05) is 0 Å². The lowest BCUT2D eigenvalue weighted by Gasteiger charge is -2.19. The molecule has 1 atom stereocenters. The highest BCUT2D eigenvalue weighted by atomic mass is 16.7. The summed E-state index contributed by atoms with van der Waals surface area (Å²) in [7, 11) is 0.